The van der Waals surface area contributed by atoms with Crippen LogP contribution in [0, 0.1) is 11.6 Å². The van der Waals surface area contributed by atoms with Gasteiger partial charge in [0.1, 0.15) is 0 Å². The van der Waals surface area contributed by atoms with Crippen molar-refractivity contribution in [1.29, 1.82) is 0 Å². The summed E-state index contributed by atoms with van der Waals surface area (Å²) < 4.78 is 25.7. The number of halogens is 2. The molecule has 1 aromatic carbocycles. The molecule has 0 saturated carbocycles. The van der Waals surface area contributed by atoms with Gasteiger partial charge < -0.3 is 22.9 Å². The first-order chi connectivity index (χ1) is 5.46. The van der Waals surface area contributed by atoms with E-state index < -0.39 is 34.4 Å². The molecule has 12 heavy (non-hydrogen) atoms. The molecule has 0 aromatic heterocycles. The van der Waals surface area contributed by atoms with Crippen molar-refractivity contribution in [3.63, 3.8) is 0 Å². The maximum Gasteiger partial charge on any atom is 0.173 e. The number of hydrogen-bond acceptors (Lipinski definition) is 4. The molecule has 0 aliphatic heterocycles. The summed E-state index contributed by atoms with van der Waals surface area (Å²) >= 11 is 0. The van der Waals surface area contributed by atoms with Crippen molar-refractivity contribution in [3.05, 3.63) is 11.6 Å². The van der Waals surface area contributed by atoms with Gasteiger partial charge in [-0.15, -0.1) is 0 Å². The molecule has 66 valence electrons. The second-order valence-electron chi connectivity index (χ2n) is 2.28. The van der Waals surface area contributed by atoms with Crippen LogP contribution in [-0.4, -0.2) is 0 Å². The number of nitrogen functional groups attached to an aromatic ring is 4. The molecule has 0 bridgehead atoms. The first kappa shape index (κ1) is 8.38. The van der Waals surface area contributed by atoms with E-state index >= 15 is 0 Å². The van der Waals surface area contributed by atoms with Crippen molar-refractivity contribution in [3.8, 4) is 0 Å². The topological polar surface area (TPSA) is 104 Å². The Bertz CT molecular complexity index is 232. The van der Waals surface area contributed by atoms with E-state index in [0.717, 1.165) is 0 Å². The quantitative estimate of drug-likeness (QED) is 0.424. The molecule has 0 amide bonds. The molecule has 8 N–H and O–H groups in total. The van der Waals surface area contributed by atoms with Crippen molar-refractivity contribution < 1.29 is 8.78 Å². The predicted octanol–water partition coefficient (Wildman–Crippen LogP) is 0.294. The highest BCUT2D eigenvalue weighted by molar-refractivity contribution is 5.80. The second-order valence-corrected chi connectivity index (χ2v) is 2.28. The van der Waals surface area contributed by atoms with Crippen LogP contribution in [0.15, 0.2) is 0 Å². The van der Waals surface area contributed by atoms with Gasteiger partial charge in [-0.1, -0.05) is 0 Å². The molecular formula is C6H8F2N4. The Hall–Kier alpha value is -1.72. The zero-order valence-corrected chi connectivity index (χ0v) is 6.07. The van der Waals surface area contributed by atoms with E-state index in [1.807, 2.05) is 0 Å². The van der Waals surface area contributed by atoms with E-state index in [4.69, 9.17) is 22.9 Å². The highest BCUT2D eigenvalue weighted by Gasteiger charge is 2.17. The minimum absolute atomic E-state index is 0.515. The Morgan fingerprint density at radius 3 is 0.917 bits per heavy atom. The summed E-state index contributed by atoms with van der Waals surface area (Å²) in [7, 11) is 0. The molecule has 1 aromatic rings. The van der Waals surface area contributed by atoms with Crippen molar-refractivity contribution in [1.82, 2.24) is 0 Å². The summed E-state index contributed by atoms with van der Waals surface area (Å²) in [4.78, 5) is 0. The maximum absolute atomic E-state index is 12.9. The molecular weight excluding hydrogens is 166 g/mol. The van der Waals surface area contributed by atoms with Crippen LogP contribution in [0.25, 0.3) is 0 Å². The van der Waals surface area contributed by atoms with Gasteiger partial charge in [0.05, 0.1) is 22.7 Å². The smallest absolute Gasteiger partial charge is 0.173 e. The fourth-order valence-corrected chi connectivity index (χ4v) is 0.763. The van der Waals surface area contributed by atoms with Crippen LogP contribution in [0.1, 0.15) is 0 Å². The Morgan fingerprint density at radius 1 is 0.583 bits per heavy atom. The Kier molecular flexibility index (Phi) is 1.68. The van der Waals surface area contributed by atoms with Gasteiger partial charge in [-0.3, -0.25) is 0 Å². The lowest BCUT2D eigenvalue weighted by Gasteiger charge is -2.08. The van der Waals surface area contributed by atoms with Gasteiger partial charge in [-0.25, -0.2) is 8.78 Å². The fourth-order valence-electron chi connectivity index (χ4n) is 0.763. The monoisotopic (exact) mass is 174 g/mol. The highest BCUT2D eigenvalue weighted by atomic mass is 19.1. The molecule has 6 heteroatoms. The summed E-state index contributed by atoms with van der Waals surface area (Å²) in [6.45, 7) is 0. The Morgan fingerprint density at radius 2 is 0.750 bits per heavy atom. The average Bonchev–Trinajstić information content (AvgIpc) is 2.08. The number of nitrogens with two attached hydrogens (primary N) is 4. The van der Waals surface area contributed by atoms with Crippen LogP contribution >= 0.6 is 0 Å². The molecule has 0 radical (unpaired) electrons. The molecule has 0 spiro atoms. The van der Waals surface area contributed by atoms with Crippen LogP contribution in [0.3, 0.4) is 0 Å². The lowest BCUT2D eigenvalue weighted by atomic mass is 10.2. The third kappa shape index (κ3) is 0.884. The molecule has 0 saturated heterocycles. The molecule has 0 atom stereocenters. The van der Waals surface area contributed by atoms with Crippen LogP contribution in [0.4, 0.5) is 31.5 Å². The zero-order valence-electron chi connectivity index (χ0n) is 6.07. The predicted molar refractivity (Wildman–Crippen MR) is 44.0 cm³/mol. The molecule has 0 fully saturated rings. The van der Waals surface area contributed by atoms with Gasteiger partial charge in [-0.2, -0.15) is 0 Å². The minimum atomic E-state index is -0.980. The van der Waals surface area contributed by atoms with Crippen molar-refractivity contribution >= 4 is 22.7 Å². The van der Waals surface area contributed by atoms with Crippen molar-refractivity contribution in [2.24, 2.45) is 0 Å². The lowest BCUT2D eigenvalue weighted by molar-refractivity contribution is 0.616. The van der Waals surface area contributed by atoms with E-state index in [9.17, 15) is 8.78 Å². The first-order valence-electron chi connectivity index (χ1n) is 3.03. The molecule has 0 aliphatic carbocycles. The lowest BCUT2D eigenvalue weighted by Crippen LogP contribution is -2.09. The first-order valence-corrected chi connectivity index (χ1v) is 3.03. The number of hydrogen-bond donors (Lipinski definition) is 4. The number of benzene rings is 1. The minimum Gasteiger partial charge on any atom is -0.395 e. The van der Waals surface area contributed by atoms with E-state index in [1.165, 1.54) is 0 Å². The Labute approximate surface area is 67.1 Å². The van der Waals surface area contributed by atoms with Crippen LogP contribution in [-0.2, 0) is 0 Å². The summed E-state index contributed by atoms with van der Waals surface area (Å²) in [6, 6.07) is 0. The van der Waals surface area contributed by atoms with Gasteiger partial charge in [-0.05, 0) is 0 Å². The SMILES string of the molecule is Nc1c(N)c(F)c(N)c(N)c1F. The number of anilines is 4. The summed E-state index contributed by atoms with van der Waals surface area (Å²) in [5, 5.41) is 0. The third-order valence-electron chi connectivity index (χ3n) is 1.53. The third-order valence-corrected chi connectivity index (χ3v) is 1.53. The van der Waals surface area contributed by atoms with E-state index in [-0.39, 0.29) is 0 Å². The summed E-state index contributed by atoms with van der Waals surface area (Å²) in [5.74, 6) is -1.96. The molecule has 0 unspecified atom stereocenters. The molecule has 4 nitrogen and oxygen atoms in total. The standard InChI is InChI=1S/C6H8F2N4/c7-1-3(9)5(11)2(8)6(12)4(1)10/h9-12H2. The maximum atomic E-state index is 12.9. The largest absolute Gasteiger partial charge is 0.395 e. The average molecular weight is 174 g/mol. The fraction of sp³-hybridized carbons (Fsp3) is 0. The zero-order chi connectivity index (χ0) is 9.46. The van der Waals surface area contributed by atoms with Crippen LogP contribution < -0.4 is 22.9 Å². The van der Waals surface area contributed by atoms with Crippen molar-refractivity contribution in [2.45, 2.75) is 0 Å². The molecule has 0 heterocycles. The number of rotatable bonds is 0. The molecule has 0 aliphatic rings. The van der Waals surface area contributed by atoms with E-state index in [0.29, 0.717) is 0 Å². The second kappa shape index (κ2) is 2.40. The van der Waals surface area contributed by atoms with Gasteiger partial charge >= 0.3 is 0 Å². The van der Waals surface area contributed by atoms with Crippen molar-refractivity contribution in [2.75, 3.05) is 22.9 Å². The summed E-state index contributed by atoms with van der Waals surface area (Å²) in [5.41, 5.74) is 18.2. The molecule has 1 rings (SSSR count). The Balaban J connectivity index is 3.60. The summed E-state index contributed by atoms with van der Waals surface area (Å²) in [6.07, 6.45) is 0. The van der Waals surface area contributed by atoms with Gasteiger partial charge in [0.2, 0.25) is 0 Å². The van der Waals surface area contributed by atoms with Crippen LogP contribution in [0.5, 0.6) is 0 Å². The van der Waals surface area contributed by atoms with E-state index in [1.54, 1.807) is 0 Å². The highest BCUT2D eigenvalue weighted by Crippen LogP contribution is 2.33. The van der Waals surface area contributed by atoms with Gasteiger partial charge in [0.25, 0.3) is 0 Å². The van der Waals surface area contributed by atoms with Crippen LogP contribution in [0.2, 0.25) is 0 Å². The van der Waals surface area contributed by atoms with E-state index in [2.05, 4.69) is 0 Å². The van der Waals surface area contributed by atoms with Gasteiger partial charge in [0, 0.05) is 0 Å². The van der Waals surface area contributed by atoms with Gasteiger partial charge in [0.15, 0.2) is 11.6 Å². The normalized spacial score (nSPS) is 10.2.